The van der Waals surface area contributed by atoms with E-state index < -0.39 is 29.4 Å². The molecule has 8 nitrogen and oxygen atoms in total. The van der Waals surface area contributed by atoms with Gasteiger partial charge in [0.15, 0.2) is 11.6 Å². The summed E-state index contributed by atoms with van der Waals surface area (Å²) in [5, 5.41) is 18.6. The highest BCUT2D eigenvalue weighted by molar-refractivity contribution is 5.95. The van der Waals surface area contributed by atoms with Gasteiger partial charge >= 0.3 is 5.97 Å². The number of aromatic nitrogens is 3. The Morgan fingerprint density at radius 3 is 2.73 bits per heavy atom. The monoisotopic (exact) mass is 560 g/mol. The van der Waals surface area contributed by atoms with Crippen molar-refractivity contribution in [3.8, 4) is 5.75 Å². The Morgan fingerprint density at radius 2 is 1.90 bits per heavy atom. The lowest BCUT2D eigenvalue weighted by Gasteiger charge is -2.30. The van der Waals surface area contributed by atoms with Crippen molar-refractivity contribution < 1.29 is 28.2 Å². The van der Waals surface area contributed by atoms with Crippen LogP contribution in [0.1, 0.15) is 69.8 Å². The largest absolute Gasteiger partial charge is 0.490 e. The third-order valence-electron chi connectivity index (χ3n) is 8.22. The van der Waals surface area contributed by atoms with Crippen LogP contribution in [0.4, 0.5) is 8.78 Å². The molecule has 0 spiro atoms. The molecular formula is C31H30F2N4O4. The number of carbonyl (C=O) groups is 2. The average Bonchev–Trinajstić information content (AvgIpc) is 3.38. The van der Waals surface area contributed by atoms with Crippen LogP contribution in [-0.2, 0) is 24.3 Å². The zero-order valence-corrected chi connectivity index (χ0v) is 22.7. The molecule has 4 aromatic rings. The van der Waals surface area contributed by atoms with Crippen molar-refractivity contribution in [2.24, 2.45) is 0 Å². The summed E-state index contributed by atoms with van der Waals surface area (Å²) >= 11 is 0. The van der Waals surface area contributed by atoms with Gasteiger partial charge in [-0.05, 0) is 78.6 Å². The van der Waals surface area contributed by atoms with E-state index in [-0.39, 0.29) is 30.9 Å². The number of rotatable bonds is 2. The third kappa shape index (κ3) is 5.03. The van der Waals surface area contributed by atoms with Crippen molar-refractivity contribution in [2.75, 3.05) is 13.2 Å². The highest BCUT2D eigenvalue weighted by atomic mass is 19.2. The second kappa shape index (κ2) is 10.9. The van der Waals surface area contributed by atoms with Gasteiger partial charge in [0.2, 0.25) is 5.82 Å². The number of amides is 1. The van der Waals surface area contributed by atoms with Gasteiger partial charge in [-0.15, -0.1) is 5.10 Å². The molecule has 9 bridgehead atoms. The predicted molar refractivity (Wildman–Crippen MR) is 147 cm³/mol. The number of aryl methyl sites for hydroxylation is 2. The fourth-order valence-corrected chi connectivity index (χ4v) is 5.98. The Balaban J connectivity index is 1.43. The number of carboxylic acid groups (broad SMARTS) is 1. The van der Waals surface area contributed by atoms with E-state index in [2.05, 4.69) is 10.3 Å². The van der Waals surface area contributed by atoms with Crippen molar-refractivity contribution in [1.82, 2.24) is 19.9 Å². The van der Waals surface area contributed by atoms with E-state index in [0.29, 0.717) is 25.9 Å². The van der Waals surface area contributed by atoms with E-state index >= 15 is 4.39 Å². The summed E-state index contributed by atoms with van der Waals surface area (Å²) in [5.74, 6) is -4.58. The van der Waals surface area contributed by atoms with Gasteiger partial charge in [-0.1, -0.05) is 29.5 Å². The van der Waals surface area contributed by atoms with Crippen LogP contribution in [0, 0.1) is 18.6 Å². The lowest BCUT2D eigenvalue weighted by atomic mass is 9.83. The molecule has 41 heavy (non-hydrogen) atoms. The van der Waals surface area contributed by atoms with Crippen molar-refractivity contribution in [3.63, 3.8) is 0 Å². The molecule has 5 aliphatic rings. The minimum absolute atomic E-state index is 0.124. The molecule has 0 radical (unpaired) electrons. The van der Waals surface area contributed by atoms with E-state index in [9.17, 15) is 19.1 Å². The van der Waals surface area contributed by atoms with Crippen molar-refractivity contribution in [2.45, 2.75) is 58.0 Å². The molecule has 1 unspecified atom stereocenters. The lowest BCUT2D eigenvalue weighted by Crippen LogP contribution is -2.36. The van der Waals surface area contributed by atoms with Crippen molar-refractivity contribution >= 4 is 22.9 Å². The van der Waals surface area contributed by atoms with Gasteiger partial charge in [-0.2, -0.15) is 4.39 Å². The first kappa shape index (κ1) is 26.9. The molecule has 0 saturated carbocycles. The van der Waals surface area contributed by atoms with Gasteiger partial charge in [0, 0.05) is 25.6 Å². The Hall–Kier alpha value is -4.34. The average molecular weight is 561 g/mol. The summed E-state index contributed by atoms with van der Waals surface area (Å²) in [6.45, 7) is 3.33. The molecule has 10 heteroatoms. The zero-order valence-electron chi connectivity index (χ0n) is 22.7. The molecular weight excluding hydrogens is 530 g/mol. The maximum atomic E-state index is 15.0. The number of hydrogen-bond donors (Lipinski definition) is 1. The molecule has 212 valence electrons. The first-order valence-corrected chi connectivity index (χ1v) is 13.9. The van der Waals surface area contributed by atoms with Crippen molar-refractivity contribution in [1.29, 1.82) is 0 Å². The molecule has 1 aromatic heterocycles. The second-order valence-electron chi connectivity index (χ2n) is 10.8. The van der Waals surface area contributed by atoms with Gasteiger partial charge in [0.05, 0.1) is 24.1 Å². The van der Waals surface area contributed by atoms with Crippen LogP contribution in [0.2, 0.25) is 0 Å². The van der Waals surface area contributed by atoms with Gasteiger partial charge in [0.25, 0.3) is 5.91 Å². The summed E-state index contributed by atoms with van der Waals surface area (Å²) in [6.07, 6.45) is 2.60. The van der Waals surface area contributed by atoms with Crippen LogP contribution in [0.5, 0.6) is 5.75 Å². The highest BCUT2D eigenvalue weighted by Crippen LogP contribution is 2.35. The fraction of sp³-hybridized carbons (Fsp3) is 0.355. The Labute approximate surface area is 235 Å². The number of halogens is 2. The summed E-state index contributed by atoms with van der Waals surface area (Å²) in [4.78, 5) is 26.8. The minimum atomic E-state index is -1.22. The number of hydrogen-bond acceptors (Lipinski definition) is 5. The number of ether oxygens (including phenoxy) is 1. The fourth-order valence-electron chi connectivity index (χ4n) is 5.98. The molecule has 9 rings (SSSR count). The SMILES string of the molecule is Cc1c2ccc3c1nnn3CCCCCOc1ccc(c(F)c1F)C(=O)N1CCc3ccc(cc3C1)C2CC(=O)O. The first-order chi connectivity index (χ1) is 19.8. The van der Waals surface area contributed by atoms with Crippen LogP contribution >= 0.6 is 0 Å². The van der Waals surface area contributed by atoms with Crippen LogP contribution in [0.15, 0.2) is 42.5 Å². The van der Waals surface area contributed by atoms with Crippen LogP contribution < -0.4 is 4.74 Å². The van der Waals surface area contributed by atoms with Crippen LogP contribution in [-0.4, -0.2) is 50.0 Å². The maximum Gasteiger partial charge on any atom is 0.304 e. The Morgan fingerprint density at radius 1 is 1.05 bits per heavy atom. The number of benzene rings is 3. The van der Waals surface area contributed by atoms with E-state index in [0.717, 1.165) is 51.7 Å². The van der Waals surface area contributed by atoms with Crippen molar-refractivity contribution in [3.05, 3.63) is 87.5 Å². The lowest BCUT2D eigenvalue weighted by molar-refractivity contribution is -0.137. The first-order valence-electron chi connectivity index (χ1n) is 13.9. The topological polar surface area (TPSA) is 97.5 Å². The zero-order chi connectivity index (χ0) is 28.7. The van der Waals surface area contributed by atoms with Crippen LogP contribution in [0.3, 0.4) is 0 Å². The summed E-state index contributed by atoms with van der Waals surface area (Å²) < 4.78 is 37.2. The molecule has 5 aliphatic heterocycles. The van der Waals surface area contributed by atoms with E-state index in [4.69, 9.17) is 4.74 Å². The van der Waals surface area contributed by atoms with E-state index in [1.165, 1.54) is 17.0 Å². The smallest absolute Gasteiger partial charge is 0.304 e. The van der Waals surface area contributed by atoms with E-state index in [1.807, 2.05) is 41.9 Å². The Bertz CT molecular complexity index is 1670. The second-order valence-corrected chi connectivity index (χ2v) is 10.8. The molecule has 1 N–H and O–H groups in total. The van der Waals surface area contributed by atoms with Gasteiger partial charge in [0.1, 0.15) is 5.52 Å². The molecule has 6 heterocycles. The number of carboxylic acids is 1. The maximum absolute atomic E-state index is 15.0. The summed E-state index contributed by atoms with van der Waals surface area (Å²) in [5.41, 5.74) is 5.69. The summed E-state index contributed by atoms with van der Waals surface area (Å²) in [6, 6.07) is 12.3. The standard InChI is InChI=1S/C31H30F2N4O4/c1-18-22-7-9-25-30(18)34-35-37(25)12-3-2-4-14-41-26-10-8-23(28(32)29(26)33)31(40)36-13-11-19-5-6-20(15-21(19)17-36)24(22)16-27(38)39/h5-10,15,24H,2-4,11-14,16-17H2,1H3,(H,38,39). The van der Waals surface area contributed by atoms with Gasteiger partial charge < -0.3 is 14.7 Å². The molecule has 3 aromatic carbocycles. The molecule has 0 fully saturated rings. The Kier molecular flexibility index (Phi) is 7.15. The predicted octanol–water partition coefficient (Wildman–Crippen LogP) is 5.39. The minimum Gasteiger partial charge on any atom is -0.490 e. The molecule has 0 saturated heterocycles. The number of nitrogens with zero attached hydrogens (tertiary/aromatic N) is 4. The number of carbonyl (C=O) groups excluding carboxylic acids is 1. The number of aliphatic carboxylic acids is 1. The normalized spacial score (nSPS) is 17.6. The highest BCUT2D eigenvalue weighted by Gasteiger charge is 2.28. The quantitative estimate of drug-likeness (QED) is 0.353. The summed E-state index contributed by atoms with van der Waals surface area (Å²) in [7, 11) is 0. The molecule has 1 amide bonds. The van der Waals surface area contributed by atoms with Gasteiger partial charge in [-0.3, -0.25) is 9.59 Å². The molecule has 0 aliphatic carbocycles. The van der Waals surface area contributed by atoms with Gasteiger partial charge in [-0.25, -0.2) is 9.07 Å². The van der Waals surface area contributed by atoms with E-state index in [1.54, 1.807) is 0 Å². The molecule has 1 atom stereocenters. The third-order valence-corrected chi connectivity index (χ3v) is 8.22. The van der Waals surface area contributed by atoms with Crippen LogP contribution in [0.25, 0.3) is 11.0 Å².